The molecule has 0 amide bonds. The van der Waals surface area contributed by atoms with Crippen LogP contribution in [0.3, 0.4) is 0 Å². The molecule has 98 valence electrons. The second-order valence-electron chi connectivity index (χ2n) is 5.16. The van der Waals surface area contributed by atoms with E-state index < -0.39 is 0 Å². The smallest absolute Gasteiger partial charge is 0.139 e. The molecule has 0 aliphatic carbocycles. The van der Waals surface area contributed by atoms with Crippen LogP contribution in [0.2, 0.25) is 0 Å². The second-order valence-corrected chi connectivity index (χ2v) is 5.16. The van der Waals surface area contributed by atoms with E-state index in [1.165, 1.54) is 16.6 Å². The molecule has 3 aromatic rings. The van der Waals surface area contributed by atoms with Gasteiger partial charge >= 0.3 is 0 Å². The lowest BCUT2D eigenvalue weighted by Gasteiger charge is -2.01. The Morgan fingerprint density at radius 2 is 1.90 bits per heavy atom. The maximum absolute atomic E-state index is 4.25. The van der Waals surface area contributed by atoms with Crippen molar-refractivity contribution in [3.63, 3.8) is 0 Å². The van der Waals surface area contributed by atoms with Crippen molar-refractivity contribution in [3.05, 3.63) is 65.9 Å². The van der Waals surface area contributed by atoms with Crippen molar-refractivity contribution in [2.24, 2.45) is 0 Å². The van der Waals surface area contributed by atoms with Crippen LogP contribution in [0.25, 0.3) is 11.3 Å². The van der Waals surface area contributed by atoms with Gasteiger partial charge in [0.15, 0.2) is 0 Å². The Balaban J connectivity index is 1.82. The first-order chi connectivity index (χ1) is 9.70. The molecule has 3 rings (SSSR count). The van der Waals surface area contributed by atoms with Gasteiger partial charge in [0.1, 0.15) is 13.5 Å². The summed E-state index contributed by atoms with van der Waals surface area (Å²) in [5.74, 6) is 0. The van der Waals surface area contributed by atoms with Crippen LogP contribution in [0.15, 0.2) is 54.7 Å². The average Bonchev–Trinajstić information content (AvgIpc) is 2.88. The van der Waals surface area contributed by atoms with Gasteiger partial charge in [-0.15, -0.1) is 5.10 Å². The van der Waals surface area contributed by atoms with Crippen LogP contribution in [0.5, 0.6) is 0 Å². The first-order valence-electron chi connectivity index (χ1n) is 6.73. The zero-order chi connectivity index (χ0) is 13.9. The maximum Gasteiger partial charge on any atom is 0.139 e. The van der Waals surface area contributed by atoms with Gasteiger partial charge in [-0.3, -0.25) is 0 Å². The van der Waals surface area contributed by atoms with Crippen molar-refractivity contribution in [1.82, 2.24) is 15.0 Å². The van der Waals surface area contributed by atoms with Crippen LogP contribution >= 0.6 is 0 Å². The third-order valence-electron chi connectivity index (χ3n) is 3.31. The number of aromatic nitrogens is 3. The lowest BCUT2D eigenvalue weighted by Crippen LogP contribution is -2.00. The van der Waals surface area contributed by atoms with E-state index in [1.807, 2.05) is 10.9 Å². The number of nitrogens with zero attached hydrogens (tertiary/aromatic N) is 3. The number of aryl methyl sites for hydroxylation is 1. The predicted octanol–water partition coefficient (Wildman–Crippen LogP) is 1.56. The van der Waals surface area contributed by atoms with Crippen molar-refractivity contribution in [3.8, 4) is 11.3 Å². The Morgan fingerprint density at radius 3 is 2.65 bits per heavy atom. The van der Waals surface area contributed by atoms with Crippen LogP contribution in [0, 0.1) is 6.92 Å². The summed E-state index contributed by atoms with van der Waals surface area (Å²) in [6, 6.07) is 16.8. The molecule has 20 heavy (non-hydrogen) atoms. The van der Waals surface area contributed by atoms with Crippen molar-refractivity contribution in [2.75, 3.05) is 0 Å². The highest BCUT2D eigenvalue weighted by Gasteiger charge is 2.04. The lowest BCUT2D eigenvalue weighted by molar-refractivity contribution is 0.649. The van der Waals surface area contributed by atoms with Crippen LogP contribution in [0.1, 0.15) is 11.1 Å². The highest BCUT2D eigenvalue weighted by molar-refractivity contribution is 6.32. The Hall–Kier alpha value is -2.36. The molecule has 0 fully saturated rings. The molecule has 2 aromatic carbocycles. The van der Waals surface area contributed by atoms with Crippen molar-refractivity contribution in [2.45, 2.75) is 13.5 Å². The largest absolute Gasteiger partial charge is 0.247 e. The van der Waals surface area contributed by atoms with Gasteiger partial charge in [0, 0.05) is 5.56 Å². The summed E-state index contributed by atoms with van der Waals surface area (Å²) >= 11 is 0. The molecule has 1 aromatic heterocycles. The van der Waals surface area contributed by atoms with Crippen LogP contribution < -0.4 is 5.46 Å². The third-order valence-corrected chi connectivity index (χ3v) is 3.31. The lowest BCUT2D eigenvalue weighted by atomic mass is 9.95. The van der Waals surface area contributed by atoms with Crippen molar-refractivity contribution in [1.29, 1.82) is 0 Å². The average molecular weight is 261 g/mol. The molecule has 3 nitrogen and oxygen atoms in total. The number of hydrogen-bond acceptors (Lipinski definition) is 2. The summed E-state index contributed by atoms with van der Waals surface area (Å²) in [4.78, 5) is 0. The molecule has 0 saturated heterocycles. The van der Waals surface area contributed by atoms with E-state index in [9.17, 15) is 0 Å². The minimum Gasteiger partial charge on any atom is -0.247 e. The Bertz CT molecular complexity index is 717. The molecule has 0 saturated carbocycles. The number of hydrogen-bond donors (Lipinski definition) is 0. The molecule has 0 N–H and O–H groups in total. The zero-order valence-corrected chi connectivity index (χ0v) is 11.7. The Morgan fingerprint density at radius 1 is 1.10 bits per heavy atom. The SMILES string of the molecule is Bc1ccc(-c2cn(Cc3cccc(C)c3)nn2)cc1. The molecule has 0 aliphatic rings. The standard InChI is InChI=1S/C16H16BN3/c1-12-3-2-4-13(9-12)10-20-11-16(18-19-20)14-5-7-15(17)8-6-14/h2-9,11H,10,17H2,1H3. The molecule has 0 atom stereocenters. The van der Waals surface area contributed by atoms with Gasteiger partial charge in [-0.25, -0.2) is 4.68 Å². The molecular formula is C16H16BN3. The molecule has 1 heterocycles. The zero-order valence-electron chi connectivity index (χ0n) is 11.7. The fourth-order valence-electron chi connectivity index (χ4n) is 2.23. The summed E-state index contributed by atoms with van der Waals surface area (Å²) in [6.45, 7) is 2.85. The van der Waals surface area contributed by atoms with Crippen molar-refractivity contribution < 1.29 is 0 Å². The molecule has 4 heteroatoms. The third kappa shape index (κ3) is 2.80. The van der Waals surface area contributed by atoms with E-state index in [0.717, 1.165) is 17.8 Å². The van der Waals surface area contributed by atoms with E-state index in [2.05, 4.69) is 73.6 Å². The minimum atomic E-state index is 0.751. The molecule has 0 spiro atoms. The molecule has 0 bridgehead atoms. The fraction of sp³-hybridized carbons (Fsp3) is 0.125. The molecule has 0 radical (unpaired) electrons. The van der Waals surface area contributed by atoms with Gasteiger partial charge in [-0.1, -0.05) is 64.8 Å². The van der Waals surface area contributed by atoms with E-state index in [4.69, 9.17) is 0 Å². The predicted molar refractivity (Wildman–Crippen MR) is 83.9 cm³/mol. The summed E-state index contributed by atoms with van der Waals surface area (Å²) in [7, 11) is 2.08. The van der Waals surface area contributed by atoms with E-state index in [1.54, 1.807) is 0 Å². The Labute approximate surface area is 119 Å². The first kappa shape index (κ1) is 12.7. The number of benzene rings is 2. The summed E-state index contributed by atoms with van der Waals surface area (Å²) in [6.07, 6.45) is 1.99. The van der Waals surface area contributed by atoms with Gasteiger partial charge in [0.05, 0.1) is 12.7 Å². The van der Waals surface area contributed by atoms with Gasteiger partial charge in [0.2, 0.25) is 0 Å². The van der Waals surface area contributed by atoms with E-state index in [0.29, 0.717) is 0 Å². The normalized spacial score (nSPS) is 10.7. The van der Waals surface area contributed by atoms with Gasteiger partial charge in [0.25, 0.3) is 0 Å². The topological polar surface area (TPSA) is 30.7 Å². The van der Waals surface area contributed by atoms with Crippen LogP contribution in [-0.2, 0) is 6.54 Å². The minimum absolute atomic E-state index is 0.751. The highest BCUT2D eigenvalue weighted by atomic mass is 15.4. The maximum atomic E-state index is 4.25. The van der Waals surface area contributed by atoms with Gasteiger partial charge in [-0.05, 0) is 12.5 Å². The molecule has 0 aliphatic heterocycles. The van der Waals surface area contributed by atoms with Gasteiger partial charge < -0.3 is 0 Å². The number of rotatable bonds is 3. The Kier molecular flexibility index (Phi) is 3.38. The van der Waals surface area contributed by atoms with Crippen LogP contribution in [-0.4, -0.2) is 22.8 Å². The summed E-state index contributed by atoms with van der Waals surface area (Å²) < 4.78 is 1.88. The molecule has 0 unspecified atom stereocenters. The quantitative estimate of drug-likeness (QED) is 0.670. The van der Waals surface area contributed by atoms with Crippen molar-refractivity contribution >= 4 is 13.3 Å². The van der Waals surface area contributed by atoms with E-state index in [-0.39, 0.29) is 0 Å². The summed E-state index contributed by atoms with van der Waals surface area (Å²) in [5, 5.41) is 8.45. The fourth-order valence-corrected chi connectivity index (χ4v) is 2.23. The molecular weight excluding hydrogens is 245 g/mol. The van der Waals surface area contributed by atoms with E-state index >= 15 is 0 Å². The van der Waals surface area contributed by atoms with Crippen LogP contribution in [0.4, 0.5) is 0 Å². The second kappa shape index (κ2) is 5.33. The monoisotopic (exact) mass is 261 g/mol. The summed E-state index contributed by atoms with van der Waals surface area (Å²) in [5.41, 5.74) is 5.77. The van der Waals surface area contributed by atoms with Gasteiger partial charge in [-0.2, -0.15) is 0 Å². The first-order valence-corrected chi connectivity index (χ1v) is 6.73. The highest BCUT2D eigenvalue weighted by Crippen LogP contribution is 2.15.